The summed E-state index contributed by atoms with van der Waals surface area (Å²) in [7, 11) is 0. The first-order valence-corrected chi connectivity index (χ1v) is 3.74. The van der Waals surface area contributed by atoms with E-state index in [0.717, 1.165) is 11.3 Å². The largest absolute Gasteiger partial charge is 0.305 e. The number of hydrogen-bond acceptors (Lipinski definition) is 3. The van der Waals surface area contributed by atoms with Crippen molar-refractivity contribution >= 4 is 11.3 Å². The molecule has 0 radical (unpaired) electrons. The average molecular weight is 161 g/mol. The summed E-state index contributed by atoms with van der Waals surface area (Å²) in [5.74, 6) is 0. The van der Waals surface area contributed by atoms with Crippen LogP contribution in [0.15, 0.2) is 24.7 Å². The normalized spacial score (nSPS) is 11.3. The monoisotopic (exact) mass is 161 g/mol. The SMILES string of the molecule is C/C=C(\C(C)=N)c1cnccn1. The zero-order valence-corrected chi connectivity index (χ0v) is 7.20. The third-order valence-electron chi connectivity index (χ3n) is 1.53. The van der Waals surface area contributed by atoms with E-state index in [-0.39, 0.29) is 0 Å². The van der Waals surface area contributed by atoms with Gasteiger partial charge in [0.2, 0.25) is 0 Å². The molecule has 3 nitrogen and oxygen atoms in total. The van der Waals surface area contributed by atoms with E-state index in [0.29, 0.717) is 5.71 Å². The second-order valence-electron chi connectivity index (χ2n) is 2.42. The van der Waals surface area contributed by atoms with Crippen LogP contribution in [0.5, 0.6) is 0 Å². The molecule has 12 heavy (non-hydrogen) atoms. The van der Waals surface area contributed by atoms with Gasteiger partial charge in [0.15, 0.2) is 0 Å². The molecule has 0 bridgehead atoms. The standard InChI is InChI=1S/C9H11N3/c1-3-8(7(2)10)9-6-11-4-5-12-9/h3-6,10H,1-2H3/b8-3+,10-7?. The number of nitrogens with zero attached hydrogens (tertiary/aromatic N) is 2. The van der Waals surface area contributed by atoms with Crippen molar-refractivity contribution in [1.82, 2.24) is 9.97 Å². The van der Waals surface area contributed by atoms with E-state index in [4.69, 9.17) is 5.41 Å². The number of allylic oxidation sites excluding steroid dienone is 2. The first-order valence-electron chi connectivity index (χ1n) is 3.74. The second kappa shape index (κ2) is 3.76. The van der Waals surface area contributed by atoms with Crippen LogP contribution in [0, 0.1) is 5.41 Å². The molecular formula is C9H11N3. The molecule has 0 aliphatic carbocycles. The zero-order chi connectivity index (χ0) is 8.97. The van der Waals surface area contributed by atoms with Gasteiger partial charge in [0.05, 0.1) is 11.9 Å². The number of aromatic nitrogens is 2. The van der Waals surface area contributed by atoms with E-state index in [1.165, 1.54) is 0 Å². The molecule has 62 valence electrons. The maximum absolute atomic E-state index is 7.45. The van der Waals surface area contributed by atoms with Crippen molar-refractivity contribution in [3.05, 3.63) is 30.4 Å². The van der Waals surface area contributed by atoms with Crippen molar-refractivity contribution in [1.29, 1.82) is 5.41 Å². The Labute approximate surface area is 71.7 Å². The first kappa shape index (κ1) is 8.59. The van der Waals surface area contributed by atoms with E-state index in [9.17, 15) is 0 Å². The Morgan fingerprint density at radius 1 is 1.50 bits per heavy atom. The molecule has 1 rings (SSSR count). The minimum atomic E-state index is 0.512. The topological polar surface area (TPSA) is 49.6 Å². The van der Waals surface area contributed by atoms with Crippen LogP contribution in [0.25, 0.3) is 5.57 Å². The van der Waals surface area contributed by atoms with E-state index in [1.807, 2.05) is 13.0 Å². The number of nitrogens with one attached hydrogen (secondary N) is 1. The van der Waals surface area contributed by atoms with Gasteiger partial charge in [0, 0.05) is 23.7 Å². The summed E-state index contributed by atoms with van der Waals surface area (Å²) >= 11 is 0. The lowest BCUT2D eigenvalue weighted by Gasteiger charge is -2.01. The van der Waals surface area contributed by atoms with Crippen molar-refractivity contribution < 1.29 is 0 Å². The van der Waals surface area contributed by atoms with Gasteiger partial charge >= 0.3 is 0 Å². The molecule has 0 spiro atoms. The van der Waals surface area contributed by atoms with Gasteiger partial charge in [-0.2, -0.15) is 0 Å². The molecule has 0 saturated carbocycles. The molecule has 1 aromatic heterocycles. The van der Waals surface area contributed by atoms with Gasteiger partial charge in [-0.3, -0.25) is 9.97 Å². The average Bonchev–Trinajstić information content (AvgIpc) is 2.07. The van der Waals surface area contributed by atoms with E-state index >= 15 is 0 Å². The molecule has 0 aromatic carbocycles. The molecule has 0 amide bonds. The van der Waals surface area contributed by atoms with Crippen molar-refractivity contribution in [3.63, 3.8) is 0 Å². The number of hydrogen-bond donors (Lipinski definition) is 1. The van der Waals surface area contributed by atoms with E-state index in [2.05, 4.69) is 9.97 Å². The molecule has 0 fully saturated rings. The maximum atomic E-state index is 7.45. The third kappa shape index (κ3) is 1.75. The molecule has 0 aliphatic heterocycles. The van der Waals surface area contributed by atoms with Gasteiger partial charge in [0.25, 0.3) is 0 Å². The van der Waals surface area contributed by atoms with Gasteiger partial charge in [-0.05, 0) is 13.8 Å². The van der Waals surface area contributed by atoms with Crippen LogP contribution in [0.2, 0.25) is 0 Å². The van der Waals surface area contributed by atoms with Crippen LogP contribution < -0.4 is 0 Å². The van der Waals surface area contributed by atoms with Gasteiger partial charge in [-0.15, -0.1) is 0 Å². The molecular weight excluding hydrogens is 150 g/mol. The fourth-order valence-electron chi connectivity index (χ4n) is 0.995. The Morgan fingerprint density at radius 3 is 2.67 bits per heavy atom. The molecule has 0 atom stereocenters. The highest BCUT2D eigenvalue weighted by atomic mass is 14.8. The Kier molecular flexibility index (Phi) is 2.69. The Hall–Kier alpha value is -1.51. The number of rotatable bonds is 2. The fraction of sp³-hybridized carbons (Fsp3) is 0.222. The van der Waals surface area contributed by atoms with Gasteiger partial charge in [-0.25, -0.2) is 0 Å². The van der Waals surface area contributed by atoms with Gasteiger partial charge in [0.1, 0.15) is 0 Å². The Balaban J connectivity index is 3.05. The summed E-state index contributed by atoms with van der Waals surface area (Å²) in [4.78, 5) is 8.04. The summed E-state index contributed by atoms with van der Waals surface area (Å²) in [6.45, 7) is 3.63. The summed E-state index contributed by atoms with van der Waals surface area (Å²) in [5.41, 5.74) is 2.11. The molecule has 1 N–H and O–H groups in total. The highest BCUT2D eigenvalue weighted by molar-refractivity contribution is 6.20. The lowest BCUT2D eigenvalue weighted by molar-refractivity contribution is 1.17. The minimum absolute atomic E-state index is 0.512. The maximum Gasteiger partial charge on any atom is 0.0899 e. The minimum Gasteiger partial charge on any atom is -0.305 e. The van der Waals surface area contributed by atoms with Crippen molar-refractivity contribution in [2.45, 2.75) is 13.8 Å². The first-order chi connectivity index (χ1) is 5.75. The quantitative estimate of drug-likeness (QED) is 0.673. The second-order valence-corrected chi connectivity index (χ2v) is 2.42. The predicted octanol–water partition coefficient (Wildman–Crippen LogP) is 1.92. The van der Waals surface area contributed by atoms with Crippen LogP contribution in [0.3, 0.4) is 0 Å². The van der Waals surface area contributed by atoms with Crippen LogP contribution in [0.1, 0.15) is 19.5 Å². The van der Waals surface area contributed by atoms with Crippen LogP contribution >= 0.6 is 0 Å². The van der Waals surface area contributed by atoms with Crippen molar-refractivity contribution in [2.24, 2.45) is 0 Å². The third-order valence-corrected chi connectivity index (χ3v) is 1.53. The van der Waals surface area contributed by atoms with Crippen LogP contribution in [0.4, 0.5) is 0 Å². The summed E-state index contributed by atoms with van der Waals surface area (Å²) in [5, 5.41) is 7.45. The van der Waals surface area contributed by atoms with Crippen molar-refractivity contribution in [2.75, 3.05) is 0 Å². The highest BCUT2D eigenvalue weighted by Crippen LogP contribution is 2.10. The lowest BCUT2D eigenvalue weighted by Crippen LogP contribution is -1.97. The van der Waals surface area contributed by atoms with Crippen LogP contribution in [-0.2, 0) is 0 Å². The fourth-order valence-corrected chi connectivity index (χ4v) is 0.995. The summed E-state index contributed by atoms with van der Waals surface area (Å²) < 4.78 is 0. The van der Waals surface area contributed by atoms with E-state index in [1.54, 1.807) is 25.5 Å². The summed E-state index contributed by atoms with van der Waals surface area (Å²) in [6.07, 6.45) is 6.78. The van der Waals surface area contributed by atoms with Gasteiger partial charge < -0.3 is 5.41 Å². The molecule has 1 aromatic rings. The molecule has 1 heterocycles. The molecule has 0 unspecified atom stereocenters. The Morgan fingerprint density at radius 2 is 2.25 bits per heavy atom. The molecule has 0 saturated heterocycles. The summed E-state index contributed by atoms with van der Waals surface area (Å²) in [6, 6.07) is 0. The molecule has 3 heteroatoms. The lowest BCUT2D eigenvalue weighted by atomic mass is 10.1. The Bertz CT molecular complexity index is 301. The molecule has 0 aliphatic rings. The van der Waals surface area contributed by atoms with Crippen molar-refractivity contribution in [3.8, 4) is 0 Å². The zero-order valence-electron chi connectivity index (χ0n) is 7.20. The van der Waals surface area contributed by atoms with E-state index < -0.39 is 0 Å². The smallest absolute Gasteiger partial charge is 0.0899 e. The van der Waals surface area contributed by atoms with Gasteiger partial charge in [-0.1, -0.05) is 6.08 Å². The highest BCUT2D eigenvalue weighted by Gasteiger charge is 2.02. The van der Waals surface area contributed by atoms with Crippen LogP contribution in [-0.4, -0.2) is 15.7 Å². The predicted molar refractivity (Wildman–Crippen MR) is 49.1 cm³/mol.